The predicted octanol–water partition coefficient (Wildman–Crippen LogP) is 4.17. The largest absolute Gasteiger partial charge is 0.396 e. The molecule has 0 atom stereocenters. The molecule has 1 amide bonds. The third-order valence-electron chi connectivity index (χ3n) is 3.32. The van der Waals surface area contributed by atoms with Gasteiger partial charge in [-0.2, -0.15) is 0 Å². The smallest absolute Gasteiger partial charge is 0.261 e. The number of thioether (sulfide) groups is 1. The Bertz CT molecular complexity index is 458. The van der Waals surface area contributed by atoms with E-state index in [0.29, 0.717) is 10.6 Å². The average molecular weight is 330 g/mol. The van der Waals surface area contributed by atoms with Crippen LogP contribution in [-0.4, -0.2) is 18.7 Å². The van der Waals surface area contributed by atoms with E-state index < -0.39 is 5.91 Å². The van der Waals surface area contributed by atoms with Gasteiger partial charge in [0.25, 0.3) is 5.91 Å². The molecule has 0 aliphatic carbocycles. The van der Waals surface area contributed by atoms with Gasteiger partial charge in [-0.05, 0) is 18.6 Å². The molecule has 1 rings (SSSR count). The van der Waals surface area contributed by atoms with E-state index in [9.17, 15) is 4.79 Å². The number of hydrogen-bond acceptors (Lipinski definition) is 5. The highest BCUT2D eigenvalue weighted by molar-refractivity contribution is 7.99. The summed E-state index contributed by atoms with van der Waals surface area (Å²) in [5, 5.41) is 4.36. The summed E-state index contributed by atoms with van der Waals surface area (Å²) in [5.41, 5.74) is 11.8. The normalized spacial score (nSPS) is 11.0. The molecule has 120 valence electrons. The molecule has 5 N–H and O–H groups in total. The van der Waals surface area contributed by atoms with Crippen LogP contribution in [0.4, 0.5) is 10.7 Å². The summed E-state index contributed by atoms with van der Waals surface area (Å²) in [4.78, 5) is 12.7. The molecule has 0 saturated heterocycles. The number of nitrogens with one attached hydrogen (secondary N) is 1. The van der Waals surface area contributed by atoms with E-state index in [-0.39, 0.29) is 0 Å². The zero-order valence-corrected chi connectivity index (χ0v) is 14.8. The zero-order chi connectivity index (χ0) is 15.8. The average Bonchev–Trinajstić information content (AvgIpc) is 2.73. The van der Waals surface area contributed by atoms with E-state index in [4.69, 9.17) is 11.5 Å². The lowest BCUT2D eigenvalue weighted by Gasteiger charge is -2.07. The van der Waals surface area contributed by atoms with Gasteiger partial charge in [0.2, 0.25) is 0 Å². The van der Waals surface area contributed by atoms with Crippen molar-refractivity contribution in [2.45, 2.75) is 50.8 Å². The first kappa shape index (κ1) is 18.2. The Hall–Kier alpha value is -0.880. The van der Waals surface area contributed by atoms with E-state index in [1.807, 2.05) is 6.26 Å². The molecule has 0 aliphatic heterocycles. The van der Waals surface area contributed by atoms with Gasteiger partial charge in [0.05, 0.1) is 10.6 Å². The Morgan fingerprint density at radius 3 is 2.52 bits per heavy atom. The minimum absolute atomic E-state index is 0.450. The first-order valence-electron chi connectivity index (χ1n) is 7.47. The monoisotopic (exact) mass is 329 g/mol. The number of amides is 1. The third-order valence-corrected chi connectivity index (χ3v) is 5.46. The lowest BCUT2D eigenvalue weighted by atomic mass is 10.0. The van der Waals surface area contributed by atoms with Crippen molar-refractivity contribution in [3.63, 3.8) is 0 Å². The Morgan fingerprint density at radius 1 is 1.29 bits per heavy atom. The molecule has 0 spiro atoms. The van der Waals surface area contributed by atoms with Gasteiger partial charge in [0, 0.05) is 6.54 Å². The second kappa shape index (κ2) is 9.20. The van der Waals surface area contributed by atoms with Crippen molar-refractivity contribution < 1.29 is 4.79 Å². The molecule has 0 bridgehead atoms. The predicted molar refractivity (Wildman–Crippen MR) is 95.4 cm³/mol. The lowest BCUT2D eigenvalue weighted by Crippen LogP contribution is -2.10. The second-order valence-electron chi connectivity index (χ2n) is 5.59. The van der Waals surface area contributed by atoms with Gasteiger partial charge in [-0.3, -0.25) is 4.79 Å². The number of hydrogen-bond donors (Lipinski definition) is 3. The quantitative estimate of drug-likeness (QED) is 0.444. The Balaban J connectivity index is 2.38. The maximum Gasteiger partial charge on any atom is 0.261 e. The van der Waals surface area contributed by atoms with Gasteiger partial charge < -0.3 is 16.8 Å². The SMILES string of the molecule is CSc1c(NCCCCCCC(C)C)sc(C(N)=O)c1N. The topological polar surface area (TPSA) is 81.1 Å². The van der Waals surface area contributed by atoms with E-state index in [1.165, 1.54) is 37.0 Å². The van der Waals surface area contributed by atoms with Crippen LogP contribution in [0.3, 0.4) is 0 Å². The zero-order valence-electron chi connectivity index (χ0n) is 13.2. The lowest BCUT2D eigenvalue weighted by molar-refractivity contribution is 0.100. The number of anilines is 2. The highest BCUT2D eigenvalue weighted by atomic mass is 32.2. The van der Waals surface area contributed by atoms with Crippen molar-refractivity contribution in [1.29, 1.82) is 0 Å². The molecule has 1 aromatic rings. The van der Waals surface area contributed by atoms with Crippen LogP contribution >= 0.6 is 23.1 Å². The van der Waals surface area contributed by atoms with Crippen LogP contribution in [0.15, 0.2) is 4.90 Å². The maximum absolute atomic E-state index is 11.3. The van der Waals surface area contributed by atoms with E-state index in [0.717, 1.165) is 28.8 Å². The first-order chi connectivity index (χ1) is 9.97. The summed E-state index contributed by atoms with van der Waals surface area (Å²) >= 11 is 2.91. The van der Waals surface area contributed by atoms with Gasteiger partial charge in [0.15, 0.2) is 0 Å². The molecular weight excluding hydrogens is 302 g/mol. The van der Waals surface area contributed by atoms with E-state index >= 15 is 0 Å². The highest BCUT2D eigenvalue weighted by Gasteiger charge is 2.18. The summed E-state index contributed by atoms with van der Waals surface area (Å²) in [6.07, 6.45) is 8.24. The minimum Gasteiger partial charge on any atom is -0.396 e. The molecule has 1 aromatic heterocycles. The van der Waals surface area contributed by atoms with Crippen molar-refractivity contribution in [3.8, 4) is 0 Å². The second-order valence-corrected chi connectivity index (χ2v) is 7.43. The Labute approximate surface area is 136 Å². The number of thiophene rings is 1. The summed E-state index contributed by atoms with van der Waals surface area (Å²) in [6.45, 7) is 5.44. The molecule has 4 nitrogen and oxygen atoms in total. The van der Waals surface area contributed by atoms with Crippen LogP contribution in [0.1, 0.15) is 55.6 Å². The molecule has 1 heterocycles. The summed E-state index contributed by atoms with van der Waals surface area (Å²) in [7, 11) is 0. The number of nitrogens with two attached hydrogens (primary N) is 2. The molecule has 0 aromatic carbocycles. The van der Waals surface area contributed by atoms with Crippen molar-refractivity contribution in [1.82, 2.24) is 0 Å². The van der Waals surface area contributed by atoms with Crippen LogP contribution in [0.2, 0.25) is 0 Å². The number of primary amides is 1. The van der Waals surface area contributed by atoms with Crippen LogP contribution in [0.25, 0.3) is 0 Å². The van der Waals surface area contributed by atoms with Crippen LogP contribution in [0.5, 0.6) is 0 Å². The molecule has 0 aliphatic rings. The van der Waals surface area contributed by atoms with E-state index in [2.05, 4.69) is 19.2 Å². The number of carbonyl (C=O) groups is 1. The van der Waals surface area contributed by atoms with Crippen molar-refractivity contribution in [2.75, 3.05) is 23.9 Å². The van der Waals surface area contributed by atoms with Gasteiger partial charge in [-0.1, -0.05) is 39.5 Å². The number of rotatable bonds is 10. The van der Waals surface area contributed by atoms with Gasteiger partial charge in [0.1, 0.15) is 9.88 Å². The van der Waals surface area contributed by atoms with Crippen molar-refractivity contribution in [3.05, 3.63) is 4.88 Å². The van der Waals surface area contributed by atoms with Crippen LogP contribution in [0, 0.1) is 5.92 Å². The van der Waals surface area contributed by atoms with Crippen LogP contribution < -0.4 is 16.8 Å². The molecule has 21 heavy (non-hydrogen) atoms. The maximum atomic E-state index is 11.3. The molecule has 0 fully saturated rings. The third kappa shape index (κ3) is 5.79. The molecule has 0 unspecified atom stereocenters. The van der Waals surface area contributed by atoms with Gasteiger partial charge in [-0.25, -0.2) is 0 Å². The molecule has 0 saturated carbocycles. The van der Waals surface area contributed by atoms with Crippen LogP contribution in [-0.2, 0) is 0 Å². The molecule has 0 radical (unpaired) electrons. The van der Waals surface area contributed by atoms with Crippen molar-refractivity contribution in [2.24, 2.45) is 11.7 Å². The standard InChI is InChI=1S/C15H27N3OS2/c1-10(2)8-6-4-5-7-9-18-15-13(20-3)11(16)12(21-15)14(17)19/h10,18H,4-9,16H2,1-3H3,(H2,17,19). The summed E-state index contributed by atoms with van der Waals surface area (Å²) in [5.74, 6) is 0.350. The fraction of sp³-hybridized carbons (Fsp3) is 0.667. The molecule has 6 heteroatoms. The first-order valence-corrected chi connectivity index (χ1v) is 9.51. The van der Waals surface area contributed by atoms with E-state index in [1.54, 1.807) is 11.8 Å². The summed E-state index contributed by atoms with van der Waals surface area (Å²) < 4.78 is 0. The number of carbonyl (C=O) groups excluding carboxylic acids is 1. The number of unbranched alkanes of at least 4 members (excludes halogenated alkanes) is 3. The fourth-order valence-electron chi connectivity index (χ4n) is 2.16. The highest BCUT2D eigenvalue weighted by Crippen LogP contribution is 2.41. The Morgan fingerprint density at radius 2 is 1.95 bits per heavy atom. The fourth-order valence-corrected chi connectivity index (χ4v) is 4.08. The van der Waals surface area contributed by atoms with Crippen molar-refractivity contribution >= 4 is 39.7 Å². The minimum atomic E-state index is -0.450. The molecular formula is C15H27N3OS2. The van der Waals surface area contributed by atoms with Gasteiger partial charge in [-0.15, -0.1) is 23.1 Å². The Kier molecular flexibility index (Phi) is 7.96. The number of nitrogen functional groups attached to an aromatic ring is 1. The summed E-state index contributed by atoms with van der Waals surface area (Å²) in [6, 6.07) is 0. The van der Waals surface area contributed by atoms with Gasteiger partial charge >= 0.3 is 0 Å².